The SMILES string of the molecule is O[C@]1(c2ccccc2)CCN(Cc2cccc(CC(F)(F)F)c2)C[C@H]1N1CCCC1. The van der Waals surface area contributed by atoms with Crippen LogP contribution in [0.15, 0.2) is 54.6 Å². The zero-order chi connectivity index (χ0) is 21.2. The molecule has 0 radical (unpaired) electrons. The Morgan fingerprint density at radius 2 is 1.63 bits per heavy atom. The average molecular weight is 419 g/mol. The second kappa shape index (κ2) is 8.69. The maximum Gasteiger partial charge on any atom is 0.393 e. The fraction of sp³-hybridized carbons (Fsp3) is 0.500. The Morgan fingerprint density at radius 3 is 2.33 bits per heavy atom. The van der Waals surface area contributed by atoms with Crippen LogP contribution in [0.5, 0.6) is 0 Å². The van der Waals surface area contributed by atoms with Crippen LogP contribution in [0.4, 0.5) is 13.2 Å². The van der Waals surface area contributed by atoms with Crippen molar-refractivity contribution in [3.63, 3.8) is 0 Å². The number of rotatable bonds is 5. The normalized spacial score (nSPS) is 26.2. The van der Waals surface area contributed by atoms with Gasteiger partial charge in [0.1, 0.15) is 5.60 Å². The summed E-state index contributed by atoms with van der Waals surface area (Å²) in [7, 11) is 0. The molecule has 0 aliphatic carbocycles. The minimum atomic E-state index is -4.20. The lowest BCUT2D eigenvalue weighted by Gasteiger charge is -2.48. The molecule has 2 aromatic carbocycles. The zero-order valence-corrected chi connectivity index (χ0v) is 17.1. The molecule has 30 heavy (non-hydrogen) atoms. The molecule has 0 spiro atoms. The molecule has 0 saturated carbocycles. The summed E-state index contributed by atoms with van der Waals surface area (Å²) in [6, 6.07) is 16.7. The number of benzene rings is 2. The van der Waals surface area contributed by atoms with Crippen molar-refractivity contribution >= 4 is 0 Å². The van der Waals surface area contributed by atoms with Gasteiger partial charge in [0.15, 0.2) is 0 Å². The van der Waals surface area contributed by atoms with E-state index < -0.39 is 18.2 Å². The standard InChI is InChI=1S/C24H29F3N2O/c25-24(26,27)16-19-7-6-8-20(15-19)17-28-14-11-23(30,21-9-2-1-3-10-21)22(18-28)29-12-4-5-13-29/h1-3,6-10,15,22,30H,4-5,11-14,16-18H2/t22-,23+/m1/s1. The van der Waals surface area contributed by atoms with Crippen molar-refractivity contribution < 1.29 is 18.3 Å². The average Bonchev–Trinajstić information content (AvgIpc) is 3.24. The van der Waals surface area contributed by atoms with Crippen molar-refractivity contribution in [2.45, 2.75) is 50.0 Å². The number of aliphatic hydroxyl groups is 1. The van der Waals surface area contributed by atoms with Crippen LogP contribution >= 0.6 is 0 Å². The van der Waals surface area contributed by atoms with E-state index in [4.69, 9.17) is 0 Å². The molecule has 4 rings (SSSR count). The first-order valence-corrected chi connectivity index (χ1v) is 10.7. The summed E-state index contributed by atoms with van der Waals surface area (Å²) in [4.78, 5) is 4.66. The Labute approximate surface area is 176 Å². The zero-order valence-electron chi connectivity index (χ0n) is 17.1. The molecular formula is C24H29F3N2O. The van der Waals surface area contributed by atoms with Gasteiger partial charge in [0.05, 0.1) is 12.5 Å². The first-order chi connectivity index (χ1) is 14.3. The molecule has 162 valence electrons. The predicted molar refractivity (Wildman–Crippen MR) is 111 cm³/mol. The third-order valence-electron chi connectivity index (χ3n) is 6.45. The highest BCUT2D eigenvalue weighted by molar-refractivity contribution is 5.27. The van der Waals surface area contributed by atoms with Gasteiger partial charge in [-0.05, 0) is 49.0 Å². The summed E-state index contributed by atoms with van der Waals surface area (Å²) >= 11 is 0. The summed E-state index contributed by atoms with van der Waals surface area (Å²) in [6.07, 6.45) is -2.20. The van der Waals surface area contributed by atoms with Gasteiger partial charge in [-0.3, -0.25) is 9.80 Å². The maximum atomic E-state index is 12.8. The van der Waals surface area contributed by atoms with Gasteiger partial charge in [0, 0.05) is 19.6 Å². The van der Waals surface area contributed by atoms with E-state index in [2.05, 4.69) is 9.80 Å². The van der Waals surface area contributed by atoms with Crippen molar-refractivity contribution in [1.82, 2.24) is 9.80 Å². The van der Waals surface area contributed by atoms with E-state index in [1.807, 2.05) is 36.4 Å². The van der Waals surface area contributed by atoms with Gasteiger partial charge in [-0.15, -0.1) is 0 Å². The highest BCUT2D eigenvalue weighted by atomic mass is 19.4. The number of piperidine rings is 1. The van der Waals surface area contributed by atoms with Gasteiger partial charge in [-0.1, -0.05) is 54.6 Å². The number of hydrogen-bond acceptors (Lipinski definition) is 3. The summed E-state index contributed by atoms with van der Waals surface area (Å²) in [6.45, 7) is 3.97. The minimum Gasteiger partial charge on any atom is -0.383 e. The van der Waals surface area contributed by atoms with Gasteiger partial charge in [0.25, 0.3) is 0 Å². The molecule has 0 bridgehead atoms. The summed E-state index contributed by atoms with van der Waals surface area (Å²) in [5.41, 5.74) is 1.24. The number of alkyl halides is 3. The number of halogens is 3. The van der Waals surface area contributed by atoms with Crippen LogP contribution in [0.1, 0.15) is 36.0 Å². The highest BCUT2D eigenvalue weighted by Gasteiger charge is 2.46. The van der Waals surface area contributed by atoms with Crippen LogP contribution in [0.2, 0.25) is 0 Å². The van der Waals surface area contributed by atoms with Crippen molar-refractivity contribution in [2.75, 3.05) is 26.2 Å². The van der Waals surface area contributed by atoms with E-state index in [1.165, 1.54) is 6.07 Å². The molecule has 0 amide bonds. The lowest BCUT2D eigenvalue weighted by atomic mass is 9.79. The Kier molecular flexibility index (Phi) is 6.19. The summed E-state index contributed by atoms with van der Waals surface area (Å²) in [5.74, 6) is 0. The van der Waals surface area contributed by atoms with Crippen molar-refractivity contribution in [2.24, 2.45) is 0 Å². The van der Waals surface area contributed by atoms with Crippen LogP contribution in [0.3, 0.4) is 0 Å². The molecule has 0 unspecified atom stereocenters. The summed E-state index contributed by atoms with van der Waals surface area (Å²) in [5, 5.41) is 11.7. The molecule has 2 aromatic rings. The van der Waals surface area contributed by atoms with E-state index in [-0.39, 0.29) is 6.04 Å². The molecular weight excluding hydrogens is 389 g/mol. The number of likely N-dealkylation sites (tertiary alicyclic amines) is 2. The van der Waals surface area contributed by atoms with E-state index in [1.54, 1.807) is 12.1 Å². The molecule has 3 nitrogen and oxygen atoms in total. The second-order valence-electron chi connectivity index (χ2n) is 8.65. The Balaban J connectivity index is 1.51. The molecule has 2 aliphatic heterocycles. The van der Waals surface area contributed by atoms with Gasteiger partial charge in [0.2, 0.25) is 0 Å². The minimum absolute atomic E-state index is 0.0190. The second-order valence-corrected chi connectivity index (χ2v) is 8.65. The van der Waals surface area contributed by atoms with E-state index >= 15 is 0 Å². The lowest BCUT2D eigenvalue weighted by Crippen LogP contribution is -2.60. The Morgan fingerprint density at radius 1 is 0.933 bits per heavy atom. The van der Waals surface area contributed by atoms with Crippen molar-refractivity contribution in [3.8, 4) is 0 Å². The lowest BCUT2D eigenvalue weighted by molar-refractivity contribution is -0.127. The third kappa shape index (κ3) is 4.88. The molecule has 0 aromatic heterocycles. The van der Waals surface area contributed by atoms with Crippen LogP contribution in [-0.4, -0.2) is 53.3 Å². The van der Waals surface area contributed by atoms with Gasteiger partial charge >= 0.3 is 6.18 Å². The molecule has 2 aliphatic rings. The Hall–Kier alpha value is -1.89. The summed E-state index contributed by atoms with van der Waals surface area (Å²) < 4.78 is 38.3. The maximum absolute atomic E-state index is 12.8. The van der Waals surface area contributed by atoms with Crippen molar-refractivity contribution in [3.05, 3.63) is 71.3 Å². The molecule has 2 heterocycles. The van der Waals surface area contributed by atoms with E-state index in [9.17, 15) is 18.3 Å². The largest absolute Gasteiger partial charge is 0.393 e. The Bertz CT molecular complexity index is 836. The molecule has 2 saturated heterocycles. The highest BCUT2D eigenvalue weighted by Crippen LogP contribution is 2.37. The van der Waals surface area contributed by atoms with Gasteiger partial charge in [-0.2, -0.15) is 13.2 Å². The molecule has 2 fully saturated rings. The third-order valence-corrected chi connectivity index (χ3v) is 6.45. The van der Waals surface area contributed by atoms with Crippen LogP contribution in [0, 0.1) is 0 Å². The smallest absolute Gasteiger partial charge is 0.383 e. The van der Waals surface area contributed by atoms with Gasteiger partial charge in [-0.25, -0.2) is 0 Å². The molecule has 2 atom stereocenters. The number of hydrogen-bond donors (Lipinski definition) is 1. The first-order valence-electron chi connectivity index (χ1n) is 10.7. The van der Waals surface area contributed by atoms with E-state index in [0.717, 1.165) is 37.1 Å². The van der Waals surface area contributed by atoms with Crippen LogP contribution < -0.4 is 0 Å². The van der Waals surface area contributed by atoms with Crippen LogP contribution in [-0.2, 0) is 18.6 Å². The van der Waals surface area contributed by atoms with E-state index in [0.29, 0.717) is 31.6 Å². The fourth-order valence-corrected chi connectivity index (χ4v) is 4.99. The molecule has 1 N–H and O–H groups in total. The quantitative estimate of drug-likeness (QED) is 0.782. The topological polar surface area (TPSA) is 26.7 Å². The van der Waals surface area contributed by atoms with Gasteiger partial charge < -0.3 is 5.11 Å². The first kappa shape index (κ1) is 21.3. The van der Waals surface area contributed by atoms with Crippen molar-refractivity contribution in [1.29, 1.82) is 0 Å². The monoisotopic (exact) mass is 418 g/mol. The predicted octanol–water partition coefficient (Wildman–Crippen LogP) is 4.35. The van der Waals surface area contributed by atoms with Crippen LogP contribution in [0.25, 0.3) is 0 Å². The number of nitrogens with zero attached hydrogens (tertiary/aromatic N) is 2. The fourth-order valence-electron chi connectivity index (χ4n) is 4.99. The molecule has 6 heteroatoms.